The van der Waals surface area contributed by atoms with Gasteiger partial charge in [0.1, 0.15) is 6.10 Å². The summed E-state index contributed by atoms with van der Waals surface area (Å²) >= 11 is 0. The smallest absolute Gasteiger partial charge is 0.450 e. The maximum Gasteiger partial charge on any atom is 0.506 e. The minimum atomic E-state index is -1.17. The van der Waals surface area contributed by atoms with Crippen molar-refractivity contribution in [2.75, 3.05) is 0 Å². The molecule has 0 aromatic rings. The van der Waals surface area contributed by atoms with E-state index in [2.05, 4.69) is 0 Å². The molecule has 3 heteroatoms. The first-order chi connectivity index (χ1) is 6.02. The summed E-state index contributed by atoms with van der Waals surface area (Å²) in [6.45, 7) is 6.04. The highest BCUT2D eigenvalue weighted by Crippen LogP contribution is 2.34. The van der Waals surface area contributed by atoms with Crippen LogP contribution in [0.3, 0.4) is 0 Å². The molecule has 1 rings (SSSR count). The lowest BCUT2D eigenvalue weighted by atomic mass is 10.0. The largest absolute Gasteiger partial charge is 0.506 e. The number of allylic oxidation sites excluding steroid dienone is 1. The van der Waals surface area contributed by atoms with Crippen molar-refractivity contribution in [1.82, 2.24) is 0 Å². The van der Waals surface area contributed by atoms with Gasteiger partial charge < -0.3 is 9.84 Å². The Balaban J connectivity index is 2.78. The molecule has 0 radical (unpaired) electrons. The van der Waals surface area contributed by atoms with E-state index in [1.807, 2.05) is 20.8 Å². The van der Waals surface area contributed by atoms with Crippen molar-refractivity contribution in [1.29, 1.82) is 0 Å². The predicted octanol–water partition coefficient (Wildman–Crippen LogP) is 2.82. The van der Waals surface area contributed by atoms with Gasteiger partial charge in [0, 0.05) is 0 Å². The van der Waals surface area contributed by atoms with Crippen LogP contribution in [0, 0.1) is 5.92 Å². The van der Waals surface area contributed by atoms with Crippen molar-refractivity contribution in [3.8, 4) is 0 Å². The third-order valence-corrected chi connectivity index (χ3v) is 2.60. The summed E-state index contributed by atoms with van der Waals surface area (Å²) in [7, 11) is 0. The number of carbonyl (C=O) groups is 1. The van der Waals surface area contributed by atoms with E-state index in [9.17, 15) is 4.79 Å². The first-order valence-electron chi connectivity index (χ1n) is 4.58. The molecule has 0 aromatic carbocycles. The molecular weight excluding hydrogens is 168 g/mol. The monoisotopic (exact) mass is 184 g/mol. The number of carboxylic acid groups (broad SMARTS) is 1. The van der Waals surface area contributed by atoms with Gasteiger partial charge in [-0.05, 0) is 38.2 Å². The molecule has 0 aromatic heterocycles. The Hall–Kier alpha value is -0.990. The zero-order valence-electron chi connectivity index (χ0n) is 8.33. The van der Waals surface area contributed by atoms with Crippen LogP contribution in [0.15, 0.2) is 11.1 Å². The molecule has 2 unspecified atom stereocenters. The number of ether oxygens (including phenoxy) is 1. The van der Waals surface area contributed by atoms with Gasteiger partial charge in [-0.15, -0.1) is 0 Å². The lowest BCUT2D eigenvalue weighted by Crippen LogP contribution is -2.21. The Kier molecular flexibility index (Phi) is 2.96. The highest BCUT2D eigenvalue weighted by Gasteiger charge is 2.31. The minimum Gasteiger partial charge on any atom is -0.450 e. The summed E-state index contributed by atoms with van der Waals surface area (Å²) in [5.74, 6) is 0.320. The van der Waals surface area contributed by atoms with Crippen LogP contribution < -0.4 is 0 Å². The second-order valence-electron chi connectivity index (χ2n) is 3.85. The molecule has 1 fully saturated rings. The Morgan fingerprint density at radius 1 is 1.54 bits per heavy atom. The van der Waals surface area contributed by atoms with E-state index < -0.39 is 6.16 Å². The van der Waals surface area contributed by atoms with Gasteiger partial charge in [0.25, 0.3) is 0 Å². The summed E-state index contributed by atoms with van der Waals surface area (Å²) in [6, 6.07) is 0. The van der Waals surface area contributed by atoms with Gasteiger partial charge in [0.2, 0.25) is 0 Å². The standard InChI is InChI=1S/C10H16O3/c1-6(2)8-5-4-7(3)9(8)13-10(11)12/h7,9H,4-5H2,1-3H3,(H,11,12). The van der Waals surface area contributed by atoms with Crippen molar-refractivity contribution in [3.05, 3.63) is 11.1 Å². The van der Waals surface area contributed by atoms with Crippen LogP contribution >= 0.6 is 0 Å². The summed E-state index contributed by atoms with van der Waals surface area (Å²) < 4.78 is 4.86. The molecule has 0 bridgehead atoms. The van der Waals surface area contributed by atoms with Gasteiger partial charge in [0.15, 0.2) is 0 Å². The van der Waals surface area contributed by atoms with E-state index in [0.717, 1.165) is 18.4 Å². The van der Waals surface area contributed by atoms with Gasteiger partial charge >= 0.3 is 6.16 Å². The fraction of sp³-hybridized carbons (Fsp3) is 0.700. The third kappa shape index (κ3) is 2.23. The first-order valence-corrected chi connectivity index (χ1v) is 4.58. The van der Waals surface area contributed by atoms with Crippen molar-refractivity contribution in [3.63, 3.8) is 0 Å². The van der Waals surface area contributed by atoms with Crippen molar-refractivity contribution >= 4 is 6.16 Å². The summed E-state index contributed by atoms with van der Waals surface area (Å²) in [4.78, 5) is 10.4. The SMILES string of the molecule is CC(C)=C1CCC(C)C1OC(=O)O. The van der Waals surface area contributed by atoms with E-state index in [1.54, 1.807) is 0 Å². The lowest BCUT2D eigenvalue weighted by Gasteiger charge is -2.16. The first kappa shape index (κ1) is 10.1. The molecular formula is C10H16O3. The Bertz CT molecular complexity index is 239. The van der Waals surface area contributed by atoms with Crippen LogP contribution in [0.1, 0.15) is 33.6 Å². The molecule has 1 aliphatic rings. The molecule has 1 saturated carbocycles. The van der Waals surface area contributed by atoms with Crippen LogP contribution in [-0.2, 0) is 4.74 Å². The maximum atomic E-state index is 10.4. The summed E-state index contributed by atoms with van der Waals surface area (Å²) in [6.07, 6.45) is 0.625. The molecule has 1 N–H and O–H groups in total. The average molecular weight is 184 g/mol. The van der Waals surface area contributed by atoms with Crippen LogP contribution in [0.2, 0.25) is 0 Å². The van der Waals surface area contributed by atoms with Crippen LogP contribution in [0.4, 0.5) is 4.79 Å². The van der Waals surface area contributed by atoms with Gasteiger partial charge in [-0.3, -0.25) is 0 Å². The van der Waals surface area contributed by atoms with Crippen molar-refractivity contribution in [2.24, 2.45) is 5.92 Å². The second-order valence-corrected chi connectivity index (χ2v) is 3.85. The lowest BCUT2D eigenvalue weighted by molar-refractivity contribution is 0.0523. The normalized spacial score (nSPS) is 27.5. The van der Waals surface area contributed by atoms with Crippen molar-refractivity contribution < 1.29 is 14.6 Å². The van der Waals surface area contributed by atoms with Gasteiger partial charge in [-0.1, -0.05) is 12.5 Å². The van der Waals surface area contributed by atoms with E-state index in [4.69, 9.17) is 9.84 Å². The number of hydrogen-bond acceptors (Lipinski definition) is 2. The molecule has 0 aliphatic heterocycles. The number of rotatable bonds is 1. The van der Waals surface area contributed by atoms with Crippen LogP contribution in [0.25, 0.3) is 0 Å². The van der Waals surface area contributed by atoms with Crippen molar-refractivity contribution in [2.45, 2.75) is 39.7 Å². The molecule has 0 saturated heterocycles. The molecule has 3 nitrogen and oxygen atoms in total. The highest BCUT2D eigenvalue weighted by molar-refractivity contribution is 5.57. The zero-order valence-corrected chi connectivity index (χ0v) is 8.33. The zero-order chi connectivity index (χ0) is 10.0. The Morgan fingerprint density at radius 2 is 2.15 bits per heavy atom. The molecule has 1 aliphatic carbocycles. The topological polar surface area (TPSA) is 46.5 Å². The highest BCUT2D eigenvalue weighted by atomic mass is 16.7. The average Bonchev–Trinajstić information content (AvgIpc) is 2.32. The van der Waals surface area contributed by atoms with E-state index in [0.29, 0.717) is 5.92 Å². The molecule has 13 heavy (non-hydrogen) atoms. The fourth-order valence-electron chi connectivity index (χ4n) is 1.85. The molecule has 2 atom stereocenters. The quantitative estimate of drug-likeness (QED) is 0.503. The summed E-state index contributed by atoms with van der Waals surface area (Å²) in [5, 5.41) is 8.55. The Morgan fingerprint density at radius 3 is 2.62 bits per heavy atom. The fourth-order valence-corrected chi connectivity index (χ4v) is 1.85. The minimum absolute atomic E-state index is 0.206. The van der Waals surface area contributed by atoms with Gasteiger partial charge in [0.05, 0.1) is 0 Å². The molecule has 0 heterocycles. The maximum absolute atomic E-state index is 10.4. The van der Waals surface area contributed by atoms with Crippen LogP contribution in [0.5, 0.6) is 0 Å². The van der Waals surface area contributed by atoms with Crippen LogP contribution in [-0.4, -0.2) is 17.4 Å². The Labute approximate surface area is 78.4 Å². The number of hydrogen-bond donors (Lipinski definition) is 1. The summed E-state index contributed by atoms with van der Waals surface area (Å²) in [5.41, 5.74) is 2.35. The van der Waals surface area contributed by atoms with E-state index in [-0.39, 0.29) is 6.10 Å². The van der Waals surface area contributed by atoms with Gasteiger partial charge in [-0.25, -0.2) is 4.79 Å². The predicted molar refractivity (Wildman–Crippen MR) is 49.7 cm³/mol. The molecule has 74 valence electrons. The third-order valence-electron chi connectivity index (χ3n) is 2.60. The second kappa shape index (κ2) is 3.81. The molecule has 0 spiro atoms. The van der Waals surface area contributed by atoms with Gasteiger partial charge in [-0.2, -0.15) is 0 Å². The van der Waals surface area contributed by atoms with E-state index >= 15 is 0 Å². The molecule has 0 amide bonds. The van der Waals surface area contributed by atoms with E-state index in [1.165, 1.54) is 5.57 Å².